The Kier molecular flexibility index (Phi) is 2.10. The lowest BCUT2D eigenvalue weighted by Gasteiger charge is -2.03. The zero-order valence-electron chi connectivity index (χ0n) is 7.79. The molecule has 0 aromatic rings. The summed E-state index contributed by atoms with van der Waals surface area (Å²) >= 11 is 0. The van der Waals surface area contributed by atoms with Crippen LogP contribution in [0.4, 0.5) is 0 Å². The average molecular weight is 182 g/mol. The minimum Gasteiger partial charge on any atom is -0.465 e. The molecule has 72 valence electrons. The zero-order chi connectivity index (χ0) is 9.42. The molecule has 0 aliphatic heterocycles. The first kappa shape index (κ1) is 8.73. The van der Waals surface area contributed by atoms with Crippen LogP contribution in [0.15, 0.2) is 0 Å². The molecule has 3 nitrogen and oxygen atoms in total. The first-order valence-electron chi connectivity index (χ1n) is 4.95. The van der Waals surface area contributed by atoms with Gasteiger partial charge in [0.25, 0.3) is 0 Å². The van der Waals surface area contributed by atoms with Gasteiger partial charge in [0.05, 0.1) is 12.5 Å². The Morgan fingerprint density at radius 3 is 2.92 bits per heavy atom. The highest BCUT2D eigenvalue weighted by Crippen LogP contribution is 2.55. The van der Waals surface area contributed by atoms with E-state index in [1.807, 2.05) is 6.92 Å². The van der Waals surface area contributed by atoms with Gasteiger partial charge in [-0.25, -0.2) is 0 Å². The highest BCUT2D eigenvalue weighted by atomic mass is 16.5. The Morgan fingerprint density at radius 2 is 2.38 bits per heavy atom. The van der Waals surface area contributed by atoms with E-state index in [1.54, 1.807) is 0 Å². The molecule has 3 heteroatoms. The number of rotatable bonds is 3. The van der Waals surface area contributed by atoms with Gasteiger partial charge < -0.3 is 4.74 Å². The Bertz CT molecular complexity index is 247. The van der Waals surface area contributed by atoms with Crippen molar-refractivity contribution in [3.05, 3.63) is 0 Å². The van der Waals surface area contributed by atoms with Crippen LogP contribution in [0.1, 0.15) is 26.2 Å². The third kappa shape index (κ3) is 1.36. The number of carbonyl (C=O) groups is 2. The van der Waals surface area contributed by atoms with Crippen LogP contribution in [0.3, 0.4) is 0 Å². The van der Waals surface area contributed by atoms with Crippen molar-refractivity contribution in [2.24, 2.45) is 17.8 Å². The van der Waals surface area contributed by atoms with Crippen molar-refractivity contribution in [3.8, 4) is 0 Å². The van der Waals surface area contributed by atoms with Gasteiger partial charge in [-0.1, -0.05) is 6.92 Å². The fourth-order valence-corrected chi connectivity index (χ4v) is 2.27. The third-order valence-electron chi connectivity index (χ3n) is 2.99. The lowest BCUT2D eigenvalue weighted by Crippen LogP contribution is -2.13. The van der Waals surface area contributed by atoms with Crippen LogP contribution in [0.25, 0.3) is 0 Å². The van der Waals surface area contributed by atoms with Crippen molar-refractivity contribution in [2.45, 2.75) is 26.2 Å². The van der Waals surface area contributed by atoms with E-state index in [0.717, 1.165) is 12.8 Å². The number of esters is 1. The number of hydrogen-bond acceptors (Lipinski definition) is 3. The van der Waals surface area contributed by atoms with Gasteiger partial charge in [0.15, 0.2) is 0 Å². The second kappa shape index (κ2) is 3.13. The highest BCUT2D eigenvalue weighted by molar-refractivity contribution is 5.94. The molecular formula is C10H14O3. The smallest absolute Gasteiger partial charge is 0.309 e. The van der Waals surface area contributed by atoms with Crippen LogP contribution in [-0.4, -0.2) is 18.4 Å². The summed E-state index contributed by atoms with van der Waals surface area (Å²) in [6.07, 6.45) is 2.42. The molecule has 2 fully saturated rings. The van der Waals surface area contributed by atoms with Crippen molar-refractivity contribution in [1.82, 2.24) is 0 Å². The summed E-state index contributed by atoms with van der Waals surface area (Å²) in [4.78, 5) is 22.5. The van der Waals surface area contributed by atoms with E-state index < -0.39 is 0 Å². The number of ether oxygens (including phenoxy) is 1. The Balaban J connectivity index is 1.85. The SMILES string of the molecule is CCCOC(=O)C1C2CCC(=O)C21. The summed E-state index contributed by atoms with van der Waals surface area (Å²) in [5, 5.41) is 0. The summed E-state index contributed by atoms with van der Waals surface area (Å²) in [7, 11) is 0. The van der Waals surface area contributed by atoms with Gasteiger partial charge in [-0.05, 0) is 18.8 Å². The lowest BCUT2D eigenvalue weighted by molar-refractivity contribution is -0.147. The van der Waals surface area contributed by atoms with Gasteiger partial charge >= 0.3 is 5.97 Å². The molecule has 0 N–H and O–H groups in total. The van der Waals surface area contributed by atoms with Crippen LogP contribution in [0.2, 0.25) is 0 Å². The summed E-state index contributed by atoms with van der Waals surface area (Å²) < 4.78 is 5.01. The first-order valence-corrected chi connectivity index (χ1v) is 4.95. The van der Waals surface area contributed by atoms with Crippen LogP contribution in [-0.2, 0) is 14.3 Å². The second-order valence-corrected chi connectivity index (χ2v) is 3.89. The van der Waals surface area contributed by atoms with E-state index in [0.29, 0.717) is 18.9 Å². The van der Waals surface area contributed by atoms with Crippen molar-refractivity contribution in [1.29, 1.82) is 0 Å². The topological polar surface area (TPSA) is 43.4 Å². The predicted octanol–water partition coefficient (Wildman–Crippen LogP) is 1.16. The molecule has 2 aliphatic carbocycles. The van der Waals surface area contributed by atoms with Gasteiger partial charge in [0.2, 0.25) is 0 Å². The van der Waals surface area contributed by atoms with E-state index in [9.17, 15) is 9.59 Å². The molecule has 0 heterocycles. The molecule has 3 unspecified atom stereocenters. The summed E-state index contributed by atoms with van der Waals surface area (Å²) in [6.45, 7) is 2.45. The maximum Gasteiger partial charge on any atom is 0.309 e. The molecule has 0 aromatic heterocycles. The molecule has 13 heavy (non-hydrogen) atoms. The van der Waals surface area contributed by atoms with Crippen LogP contribution >= 0.6 is 0 Å². The number of carbonyl (C=O) groups excluding carboxylic acids is 2. The molecule has 0 spiro atoms. The van der Waals surface area contributed by atoms with E-state index >= 15 is 0 Å². The molecule has 0 bridgehead atoms. The molecule has 3 atom stereocenters. The highest BCUT2D eigenvalue weighted by Gasteiger charge is 2.62. The van der Waals surface area contributed by atoms with Crippen molar-refractivity contribution >= 4 is 11.8 Å². The van der Waals surface area contributed by atoms with Gasteiger partial charge in [-0.2, -0.15) is 0 Å². The molecule has 0 aromatic carbocycles. The van der Waals surface area contributed by atoms with Crippen LogP contribution in [0, 0.1) is 17.8 Å². The van der Waals surface area contributed by atoms with Gasteiger partial charge in [0, 0.05) is 12.3 Å². The fourth-order valence-electron chi connectivity index (χ4n) is 2.27. The molecule has 0 radical (unpaired) electrons. The quantitative estimate of drug-likeness (QED) is 0.615. The average Bonchev–Trinajstić information content (AvgIpc) is 2.75. The van der Waals surface area contributed by atoms with Crippen LogP contribution < -0.4 is 0 Å². The van der Waals surface area contributed by atoms with Gasteiger partial charge in [-0.3, -0.25) is 9.59 Å². The summed E-state index contributed by atoms with van der Waals surface area (Å²) in [5.41, 5.74) is 0. The molecule has 2 aliphatic rings. The molecule has 0 saturated heterocycles. The third-order valence-corrected chi connectivity index (χ3v) is 2.99. The standard InChI is InChI=1S/C10H14O3/c1-2-5-13-10(12)9-6-3-4-7(11)8(6)9/h6,8-9H,2-5H2,1H3. The van der Waals surface area contributed by atoms with Gasteiger partial charge in [-0.15, -0.1) is 0 Å². The molecule has 2 rings (SSSR count). The van der Waals surface area contributed by atoms with Crippen molar-refractivity contribution in [2.75, 3.05) is 6.61 Å². The molecule has 0 amide bonds. The number of Topliss-reactive ketones (excluding diaryl/α,β-unsaturated/α-hetero) is 1. The second-order valence-electron chi connectivity index (χ2n) is 3.89. The summed E-state index contributed by atoms with van der Waals surface area (Å²) in [5.74, 6) is 0.405. The largest absolute Gasteiger partial charge is 0.465 e. The molecule has 2 saturated carbocycles. The first-order chi connectivity index (χ1) is 6.25. The number of hydrogen-bond donors (Lipinski definition) is 0. The van der Waals surface area contributed by atoms with E-state index in [4.69, 9.17) is 4.74 Å². The summed E-state index contributed by atoms with van der Waals surface area (Å²) in [6, 6.07) is 0. The van der Waals surface area contributed by atoms with Crippen molar-refractivity contribution < 1.29 is 14.3 Å². The minimum atomic E-state index is -0.148. The Hall–Kier alpha value is -0.860. The van der Waals surface area contributed by atoms with Gasteiger partial charge in [0.1, 0.15) is 5.78 Å². The minimum absolute atomic E-state index is 0.0318. The monoisotopic (exact) mass is 182 g/mol. The van der Waals surface area contributed by atoms with E-state index in [1.165, 1.54) is 0 Å². The maximum absolute atomic E-state index is 11.3. The maximum atomic E-state index is 11.3. The predicted molar refractivity (Wildman–Crippen MR) is 46.0 cm³/mol. The van der Waals surface area contributed by atoms with Crippen molar-refractivity contribution in [3.63, 3.8) is 0 Å². The van der Waals surface area contributed by atoms with Crippen LogP contribution in [0.5, 0.6) is 0 Å². The molecular weight excluding hydrogens is 168 g/mol. The van der Waals surface area contributed by atoms with E-state index in [2.05, 4.69) is 0 Å². The van der Waals surface area contributed by atoms with E-state index in [-0.39, 0.29) is 23.6 Å². The normalized spacial score (nSPS) is 35.8. The number of fused-ring (bicyclic) bond motifs is 1. The number of ketones is 1. The Labute approximate surface area is 77.4 Å². The Morgan fingerprint density at radius 1 is 1.62 bits per heavy atom. The zero-order valence-corrected chi connectivity index (χ0v) is 7.79. The fraction of sp³-hybridized carbons (Fsp3) is 0.800. The lowest BCUT2D eigenvalue weighted by atomic mass is 10.1.